The molecular formula is C23H20ClFINO2. The van der Waals surface area contributed by atoms with Crippen LogP contribution in [0.3, 0.4) is 0 Å². The summed E-state index contributed by atoms with van der Waals surface area (Å²) in [6, 6.07) is 15.8. The van der Waals surface area contributed by atoms with Crippen LogP contribution in [-0.4, -0.2) is 12.8 Å². The first-order chi connectivity index (χ1) is 14.0. The molecule has 29 heavy (non-hydrogen) atoms. The summed E-state index contributed by atoms with van der Waals surface area (Å²) in [5.41, 5.74) is 3.53. The summed E-state index contributed by atoms with van der Waals surface area (Å²) in [5.74, 6) is 1.04. The predicted octanol–water partition coefficient (Wildman–Crippen LogP) is 7.12. The smallest absolute Gasteiger partial charge is 0.175 e. The van der Waals surface area contributed by atoms with Gasteiger partial charge in [-0.25, -0.2) is 4.39 Å². The summed E-state index contributed by atoms with van der Waals surface area (Å²) in [7, 11) is 0. The summed E-state index contributed by atoms with van der Waals surface area (Å²) in [4.78, 5) is 4.57. The maximum Gasteiger partial charge on any atom is 0.175 e. The molecule has 0 radical (unpaired) electrons. The van der Waals surface area contributed by atoms with Crippen molar-refractivity contribution in [2.45, 2.75) is 20.5 Å². The fraction of sp³-hybridized carbons (Fsp3) is 0.174. The van der Waals surface area contributed by atoms with E-state index in [1.165, 1.54) is 12.1 Å². The molecule has 3 aromatic rings. The normalized spacial score (nSPS) is 11.1. The zero-order chi connectivity index (χ0) is 20.8. The first-order valence-corrected chi connectivity index (χ1v) is 10.6. The lowest BCUT2D eigenvalue weighted by molar-refractivity contribution is 0.267. The van der Waals surface area contributed by atoms with Gasteiger partial charge in [-0.1, -0.05) is 29.8 Å². The molecule has 0 atom stereocenters. The molecule has 0 amide bonds. The first-order valence-electron chi connectivity index (χ1n) is 9.10. The van der Waals surface area contributed by atoms with Crippen LogP contribution in [0.4, 0.5) is 10.1 Å². The fourth-order valence-corrected chi connectivity index (χ4v) is 3.63. The molecule has 150 valence electrons. The summed E-state index contributed by atoms with van der Waals surface area (Å²) in [5, 5.41) is 0.689. The van der Waals surface area contributed by atoms with E-state index in [0.29, 0.717) is 29.7 Å². The van der Waals surface area contributed by atoms with Crippen molar-refractivity contribution in [3.05, 3.63) is 85.7 Å². The minimum absolute atomic E-state index is 0.267. The Kier molecular flexibility index (Phi) is 7.50. The van der Waals surface area contributed by atoms with Gasteiger partial charge in [0.2, 0.25) is 0 Å². The van der Waals surface area contributed by atoms with E-state index in [0.717, 1.165) is 25.9 Å². The fourth-order valence-electron chi connectivity index (χ4n) is 2.68. The van der Waals surface area contributed by atoms with Gasteiger partial charge in [0.15, 0.2) is 11.5 Å². The van der Waals surface area contributed by atoms with E-state index in [9.17, 15) is 4.39 Å². The molecule has 0 aromatic heterocycles. The molecule has 0 aliphatic heterocycles. The van der Waals surface area contributed by atoms with Crippen molar-refractivity contribution in [3.8, 4) is 11.5 Å². The topological polar surface area (TPSA) is 30.8 Å². The Morgan fingerprint density at radius 2 is 1.86 bits per heavy atom. The zero-order valence-corrected chi connectivity index (χ0v) is 19.0. The number of halogens is 3. The predicted molar refractivity (Wildman–Crippen MR) is 125 cm³/mol. The number of ether oxygens (including phenoxy) is 2. The molecule has 0 saturated heterocycles. The Morgan fingerprint density at radius 1 is 1.10 bits per heavy atom. The average molecular weight is 524 g/mol. The zero-order valence-electron chi connectivity index (χ0n) is 16.1. The third kappa shape index (κ3) is 5.70. The Hall–Kier alpha value is -2.12. The molecule has 6 heteroatoms. The third-order valence-corrected chi connectivity index (χ3v) is 5.43. The Labute approximate surface area is 188 Å². The second kappa shape index (κ2) is 10.1. The number of aliphatic imine (C=N–C) groups is 1. The third-order valence-electron chi connectivity index (χ3n) is 4.22. The lowest BCUT2D eigenvalue weighted by Gasteiger charge is -2.15. The van der Waals surface area contributed by atoms with Crippen LogP contribution in [0.15, 0.2) is 59.6 Å². The van der Waals surface area contributed by atoms with Crippen molar-refractivity contribution >= 4 is 46.1 Å². The molecule has 0 bridgehead atoms. The van der Waals surface area contributed by atoms with Gasteiger partial charge in [0.1, 0.15) is 12.4 Å². The van der Waals surface area contributed by atoms with Gasteiger partial charge in [-0.3, -0.25) is 4.99 Å². The minimum Gasteiger partial charge on any atom is -0.490 e. The molecule has 0 aliphatic carbocycles. The summed E-state index contributed by atoms with van der Waals surface area (Å²) in [6.45, 7) is 4.70. The highest BCUT2D eigenvalue weighted by Crippen LogP contribution is 2.35. The van der Waals surface area contributed by atoms with Crippen LogP contribution in [0.2, 0.25) is 5.02 Å². The monoisotopic (exact) mass is 523 g/mol. The van der Waals surface area contributed by atoms with Gasteiger partial charge in [0.25, 0.3) is 0 Å². The number of hydrogen-bond acceptors (Lipinski definition) is 3. The molecule has 0 aliphatic rings. The van der Waals surface area contributed by atoms with Gasteiger partial charge >= 0.3 is 0 Å². The number of hydrogen-bond donors (Lipinski definition) is 0. The van der Waals surface area contributed by atoms with Crippen molar-refractivity contribution < 1.29 is 13.9 Å². The van der Waals surface area contributed by atoms with E-state index in [2.05, 4.69) is 27.6 Å². The van der Waals surface area contributed by atoms with Crippen LogP contribution < -0.4 is 9.47 Å². The van der Waals surface area contributed by atoms with Crippen molar-refractivity contribution in [2.24, 2.45) is 4.99 Å². The molecule has 0 N–H and O–H groups in total. The maximum atomic E-state index is 13.1. The molecule has 3 aromatic carbocycles. The maximum absolute atomic E-state index is 13.1. The van der Waals surface area contributed by atoms with Crippen LogP contribution in [-0.2, 0) is 6.61 Å². The van der Waals surface area contributed by atoms with Gasteiger partial charge in [0, 0.05) is 11.2 Å². The molecular weight excluding hydrogens is 504 g/mol. The van der Waals surface area contributed by atoms with Crippen molar-refractivity contribution in [1.82, 2.24) is 0 Å². The number of nitrogens with zero attached hydrogens (tertiary/aromatic N) is 1. The molecule has 3 nitrogen and oxygen atoms in total. The van der Waals surface area contributed by atoms with E-state index >= 15 is 0 Å². The highest BCUT2D eigenvalue weighted by atomic mass is 127. The van der Waals surface area contributed by atoms with Gasteiger partial charge < -0.3 is 9.47 Å². The second-order valence-corrected chi connectivity index (χ2v) is 7.89. The number of rotatable bonds is 7. The van der Waals surface area contributed by atoms with E-state index in [4.69, 9.17) is 21.1 Å². The molecule has 0 heterocycles. The lowest BCUT2D eigenvalue weighted by atomic mass is 10.2. The van der Waals surface area contributed by atoms with Gasteiger partial charge in [0.05, 0.1) is 15.9 Å². The van der Waals surface area contributed by atoms with E-state index in [1.807, 2.05) is 44.2 Å². The average Bonchev–Trinajstić information content (AvgIpc) is 2.70. The molecule has 0 saturated carbocycles. The SMILES string of the molecule is CCOc1cc(C=Nc2cccc(Cl)c2C)cc(I)c1OCc1ccc(F)cc1. The molecule has 3 rings (SSSR count). The Balaban J connectivity index is 1.84. The van der Waals surface area contributed by atoms with Gasteiger partial charge in [-0.15, -0.1) is 0 Å². The van der Waals surface area contributed by atoms with E-state index in [-0.39, 0.29) is 5.82 Å². The van der Waals surface area contributed by atoms with Gasteiger partial charge in [-0.2, -0.15) is 0 Å². The summed E-state index contributed by atoms with van der Waals surface area (Å²) >= 11 is 8.39. The number of benzene rings is 3. The summed E-state index contributed by atoms with van der Waals surface area (Å²) < 4.78 is 25.8. The van der Waals surface area contributed by atoms with Crippen molar-refractivity contribution in [3.63, 3.8) is 0 Å². The quantitative estimate of drug-likeness (QED) is 0.244. The highest BCUT2D eigenvalue weighted by molar-refractivity contribution is 14.1. The largest absolute Gasteiger partial charge is 0.490 e. The molecule has 0 unspecified atom stereocenters. The lowest BCUT2D eigenvalue weighted by Crippen LogP contribution is -2.02. The van der Waals surface area contributed by atoms with Gasteiger partial charge in [-0.05, 0) is 89.5 Å². The van der Waals surface area contributed by atoms with E-state index < -0.39 is 0 Å². The van der Waals surface area contributed by atoms with Crippen molar-refractivity contribution in [2.75, 3.05) is 6.61 Å². The first kappa shape index (κ1) is 21.6. The Bertz CT molecular complexity index is 1020. The van der Waals surface area contributed by atoms with Crippen LogP contribution >= 0.6 is 34.2 Å². The minimum atomic E-state index is -0.267. The Morgan fingerprint density at radius 3 is 2.59 bits per heavy atom. The van der Waals surface area contributed by atoms with Crippen molar-refractivity contribution in [1.29, 1.82) is 0 Å². The molecule has 0 fully saturated rings. The van der Waals surface area contributed by atoms with E-state index in [1.54, 1.807) is 18.3 Å². The highest BCUT2D eigenvalue weighted by Gasteiger charge is 2.12. The summed E-state index contributed by atoms with van der Waals surface area (Å²) in [6.07, 6.45) is 1.78. The van der Waals surface area contributed by atoms with Crippen LogP contribution in [0.1, 0.15) is 23.6 Å². The molecule has 0 spiro atoms. The standard InChI is InChI=1S/C23H20ClFINO2/c1-3-28-22-12-17(13-27-21-6-4-5-19(24)15(21)2)11-20(26)23(22)29-14-16-7-9-18(25)10-8-16/h4-13H,3,14H2,1-2H3. The second-order valence-electron chi connectivity index (χ2n) is 6.32. The van der Waals surface area contributed by atoms with Crippen LogP contribution in [0, 0.1) is 16.3 Å². The van der Waals surface area contributed by atoms with Crippen LogP contribution in [0.5, 0.6) is 11.5 Å². The van der Waals surface area contributed by atoms with Crippen LogP contribution in [0.25, 0.3) is 0 Å².